The van der Waals surface area contributed by atoms with Crippen LogP contribution in [-0.4, -0.2) is 25.5 Å². The van der Waals surface area contributed by atoms with Crippen molar-refractivity contribution in [2.45, 2.75) is 44.4 Å². The van der Waals surface area contributed by atoms with Crippen LogP contribution < -0.4 is 9.47 Å². The molecule has 0 amide bonds. The van der Waals surface area contributed by atoms with E-state index in [2.05, 4.69) is 26.8 Å². The number of carbonyl (C=O) groups is 1. The van der Waals surface area contributed by atoms with Crippen molar-refractivity contribution in [2.75, 3.05) is 6.61 Å². The zero-order valence-electron chi connectivity index (χ0n) is 18.4. The van der Waals surface area contributed by atoms with Gasteiger partial charge in [0.05, 0.1) is 0 Å². The maximum atomic E-state index is 12.4. The van der Waals surface area contributed by atoms with Gasteiger partial charge in [0.15, 0.2) is 6.61 Å². The van der Waals surface area contributed by atoms with E-state index in [1.807, 2.05) is 12.1 Å². The Morgan fingerprint density at radius 3 is 2.38 bits per heavy atom. The Labute approximate surface area is 188 Å². The van der Waals surface area contributed by atoms with Gasteiger partial charge in [-0.2, -0.15) is 8.42 Å². The number of carbonyl (C=O) groups excluding carboxylic acids is 1. The topological polar surface area (TPSA) is 89.9 Å². The number of hydrogen-bond acceptors (Lipinski definition) is 5. The Kier molecular flexibility index (Phi) is 7.53. The molecule has 3 aromatic carbocycles. The normalized spacial score (nSPS) is 12.7. The average molecular weight is 457 g/mol. The third kappa shape index (κ3) is 5.66. The van der Waals surface area contributed by atoms with Crippen LogP contribution in [0.5, 0.6) is 11.5 Å². The molecule has 0 aliphatic rings. The fraction of sp³-hybridized carbons (Fsp3) is 0.320. The highest BCUT2D eigenvalue weighted by Crippen LogP contribution is 2.32. The number of esters is 1. The molecule has 1 unspecified atom stereocenters. The predicted molar refractivity (Wildman–Crippen MR) is 124 cm³/mol. The van der Waals surface area contributed by atoms with E-state index < -0.39 is 16.1 Å². The van der Waals surface area contributed by atoms with Gasteiger partial charge in [-0.15, -0.1) is 0 Å². The molecular formula is C25H28O6S. The van der Waals surface area contributed by atoms with E-state index in [9.17, 15) is 17.8 Å². The number of benzene rings is 3. The van der Waals surface area contributed by atoms with Crippen molar-refractivity contribution < 1.29 is 27.2 Å². The van der Waals surface area contributed by atoms with Crippen LogP contribution in [0.4, 0.5) is 0 Å². The molecule has 0 fully saturated rings. The molecule has 0 heterocycles. The van der Waals surface area contributed by atoms with E-state index in [0.29, 0.717) is 23.0 Å². The van der Waals surface area contributed by atoms with E-state index in [-0.39, 0.29) is 22.6 Å². The first-order valence-electron chi connectivity index (χ1n) is 10.6. The molecule has 170 valence electrons. The molecule has 0 radical (unpaired) electrons. The van der Waals surface area contributed by atoms with Crippen LogP contribution in [0.2, 0.25) is 0 Å². The molecule has 1 atom stereocenters. The Morgan fingerprint density at radius 2 is 1.72 bits per heavy atom. The molecule has 0 aliphatic carbocycles. The van der Waals surface area contributed by atoms with Crippen molar-refractivity contribution in [3.8, 4) is 11.5 Å². The summed E-state index contributed by atoms with van der Waals surface area (Å²) in [6.07, 6.45) is 2.17. The summed E-state index contributed by atoms with van der Waals surface area (Å²) in [4.78, 5) is 12.2. The van der Waals surface area contributed by atoms with Crippen LogP contribution in [0.15, 0.2) is 65.6 Å². The van der Waals surface area contributed by atoms with Gasteiger partial charge in [0.25, 0.3) is 10.1 Å². The first kappa shape index (κ1) is 23.8. The molecule has 0 aromatic heterocycles. The quantitative estimate of drug-likeness (QED) is 0.256. The second-order valence-electron chi connectivity index (χ2n) is 8.06. The second kappa shape index (κ2) is 10.1. The third-order valence-corrected chi connectivity index (χ3v) is 6.30. The summed E-state index contributed by atoms with van der Waals surface area (Å²) in [6, 6.07) is 16.8. The lowest BCUT2D eigenvalue weighted by Crippen LogP contribution is -2.18. The van der Waals surface area contributed by atoms with Crippen molar-refractivity contribution >= 4 is 26.9 Å². The highest BCUT2D eigenvalue weighted by Gasteiger charge is 2.18. The van der Waals surface area contributed by atoms with E-state index in [4.69, 9.17) is 9.47 Å². The lowest BCUT2D eigenvalue weighted by atomic mass is 9.85. The van der Waals surface area contributed by atoms with Gasteiger partial charge in [0.2, 0.25) is 0 Å². The predicted octanol–water partition coefficient (Wildman–Crippen LogP) is 5.61. The minimum absolute atomic E-state index is 0.193. The molecule has 0 spiro atoms. The van der Waals surface area contributed by atoms with Crippen molar-refractivity contribution in [3.63, 3.8) is 0 Å². The lowest BCUT2D eigenvalue weighted by molar-refractivity contribution is -0.136. The Balaban J connectivity index is 1.74. The van der Waals surface area contributed by atoms with Gasteiger partial charge in [0, 0.05) is 10.8 Å². The van der Waals surface area contributed by atoms with Crippen molar-refractivity contribution in [1.82, 2.24) is 0 Å². The van der Waals surface area contributed by atoms with Gasteiger partial charge in [0.1, 0.15) is 16.4 Å². The maximum absolute atomic E-state index is 12.4. The SMILES string of the molecule is CCCC(c1cccc(OCC(=O)Oc2ccc(S(=O)(=O)O)c3ccccc23)c1)C(C)C. The fourth-order valence-electron chi connectivity index (χ4n) is 3.88. The molecule has 32 heavy (non-hydrogen) atoms. The number of hydrogen-bond donors (Lipinski definition) is 1. The van der Waals surface area contributed by atoms with Crippen LogP contribution >= 0.6 is 0 Å². The number of fused-ring (bicyclic) bond motifs is 1. The Morgan fingerprint density at radius 1 is 1.00 bits per heavy atom. The third-order valence-electron chi connectivity index (χ3n) is 5.39. The summed E-state index contributed by atoms with van der Waals surface area (Å²) in [5.74, 6) is 1.08. The molecule has 6 nitrogen and oxygen atoms in total. The van der Waals surface area contributed by atoms with Gasteiger partial charge in [-0.25, -0.2) is 4.79 Å². The van der Waals surface area contributed by atoms with Gasteiger partial charge < -0.3 is 9.47 Å². The van der Waals surface area contributed by atoms with Gasteiger partial charge in [-0.05, 0) is 48.1 Å². The molecule has 3 rings (SSSR count). The summed E-state index contributed by atoms with van der Waals surface area (Å²) in [7, 11) is -4.41. The van der Waals surface area contributed by atoms with Crippen LogP contribution in [0.1, 0.15) is 45.1 Å². The average Bonchev–Trinajstić information content (AvgIpc) is 2.75. The minimum atomic E-state index is -4.41. The molecule has 7 heteroatoms. The summed E-state index contributed by atoms with van der Waals surface area (Å²) in [5.41, 5.74) is 1.18. The zero-order valence-corrected chi connectivity index (χ0v) is 19.3. The minimum Gasteiger partial charge on any atom is -0.482 e. The second-order valence-corrected chi connectivity index (χ2v) is 9.45. The Hall–Kier alpha value is -2.90. The highest BCUT2D eigenvalue weighted by molar-refractivity contribution is 7.86. The Bertz CT molecular complexity index is 1200. The van der Waals surface area contributed by atoms with Crippen LogP contribution in [0.25, 0.3) is 10.8 Å². The molecule has 1 N–H and O–H groups in total. The van der Waals surface area contributed by atoms with Crippen molar-refractivity contribution in [2.24, 2.45) is 5.92 Å². The molecule has 0 bridgehead atoms. The molecular weight excluding hydrogens is 428 g/mol. The van der Waals surface area contributed by atoms with E-state index in [1.165, 1.54) is 17.7 Å². The lowest BCUT2D eigenvalue weighted by Gasteiger charge is -2.21. The van der Waals surface area contributed by atoms with Crippen LogP contribution in [0, 0.1) is 5.92 Å². The van der Waals surface area contributed by atoms with Crippen molar-refractivity contribution in [1.29, 1.82) is 0 Å². The summed E-state index contributed by atoms with van der Waals surface area (Å²) in [5, 5.41) is 0.668. The summed E-state index contributed by atoms with van der Waals surface area (Å²) in [6.45, 7) is 6.27. The van der Waals surface area contributed by atoms with E-state index in [1.54, 1.807) is 30.3 Å². The van der Waals surface area contributed by atoms with E-state index >= 15 is 0 Å². The first-order valence-corrected chi connectivity index (χ1v) is 12.1. The first-order chi connectivity index (χ1) is 15.2. The summed E-state index contributed by atoms with van der Waals surface area (Å²) >= 11 is 0. The van der Waals surface area contributed by atoms with Gasteiger partial charge in [-0.1, -0.05) is 63.6 Å². The van der Waals surface area contributed by atoms with E-state index in [0.717, 1.165) is 12.8 Å². The zero-order chi connectivity index (χ0) is 23.3. The van der Waals surface area contributed by atoms with Crippen LogP contribution in [0.3, 0.4) is 0 Å². The largest absolute Gasteiger partial charge is 0.482 e. The fourth-order valence-corrected chi connectivity index (χ4v) is 4.58. The highest BCUT2D eigenvalue weighted by atomic mass is 32.2. The van der Waals surface area contributed by atoms with Crippen LogP contribution in [-0.2, 0) is 14.9 Å². The maximum Gasteiger partial charge on any atom is 0.349 e. The van der Waals surface area contributed by atoms with Gasteiger partial charge >= 0.3 is 5.97 Å². The smallest absolute Gasteiger partial charge is 0.349 e. The van der Waals surface area contributed by atoms with Gasteiger partial charge in [-0.3, -0.25) is 4.55 Å². The van der Waals surface area contributed by atoms with Crippen molar-refractivity contribution in [3.05, 3.63) is 66.2 Å². The number of ether oxygens (including phenoxy) is 2. The monoisotopic (exact) mass is 456 g/mol. The molecule has 0 saturated carbocycles. The molecule has 3 aromatic rings. The molecule has 0 aliphatic heterocycles. The number of rotatable bonds is 9. The molecule has 0 saturated heterocycles. The summed E-state index contributed by atoms with van der Waals surface area (Å²) < 4.78 is 43.8. The standard InChI is InChI=1S/C25H28O6S/c1-4-8-20(17(2)3)18-9-7-10-19(15-18)30-16-25(26)31-23-13-14-24(32(27,28)29)22-12-6-5-11-21(22)23/h5-7,9-15,17,20H,4,8,16H2,1-3H3,(H,27,28,29).